The van der Waals surface area contributed by atoms with Gasteiger partial charge in [0, 0.05) is 13.1 Å². The van der Waals surface area contributed by atoms with Gasteiger partial charge >= 0.3 is 0 Å². The first-order valence-corrected chi connectivity index (χ1v) is 6.54. The molecule has 2 rings (SSSR count). The summed E-state index contributed by atoms with van der Waals surface area (Å²) in [6, 6.07) is 10.1. The van der Waals surface area contributed by atoms with Gasteiger partial charge in [-0.05, 0) is 18.4 Å². The van der Waals surface area contributed by atoms with E-state index in [1.165, 1.54) is 5.56 Å². The lowest BCUT2D eigenvalue weighted by Crippen LogP contribution is -2.42. The largest absolute Gasteiger partial charge is 0.388 e. The lowest BCUT2D eigenvalue weighted by molar-refractivity contribution is -0.216. The number of ether oxygens (including phenoxy) is 1. The molecule has 100 valence electrons. The highest BCUT2D eigenvalue weighted by atomic mass is 32.1. The summed E-state index contributed by atoms with van der Waals surface area (Å²) in [5, 5.41) is 18.8. The fraction of sp³-hybridized carbons (Fsp3) is 0.538. The van der Waals surface area contributed by atoms with Crippen molar-refractivity contribution in [2.24, 2.45) is 0 Å². The van der Waals surface area contributed by atoms with E-state index in [1.54, 1.807) is 0 Å². The highest BCUT2D eigenvalue weighted by Gasteiger charge is 2.28. The summed E-state index contributed by atoms with van der Waals surface area (Å²) in [6.07, 6.45) is -0.598. The zero-order valence-corrected chi connectivity index (χ0v) is 11.0. The minimum absolute atomic E-state index is 0.0791. The molecule has 1 aromatic rings. The average molecular weight is 269 g/mol. The van der Waals surface area contributed by atoms with Crippen molar-refractivity contribution in [1.29, 1.82) is 0 Å². The average Bonchev–Trinajstić information content (AvgIpc) is 2.35. The highest BCUT2D eigenvalue weighted by molar-refractivity contribution is 7.77. The van der Waals surface area contributed by atoms with Crippen molar-refractivity contribution in [2.45, 2.75) is 37.9 Å². The zero-order chi connectivity index (χ0) is 13.0. The van der Waals surface area contributed by atoms with Gasteiger partial charge in [0.15, 0.2) is 6.29 Å². The number of hydrogen-bond acceptors (Lipinski definition) is 5. The van der Waals surface area contributed by atoms with Crippen LogP contribution in [0, 0.1) is 0 Å². The van der Waals surface area contributed by atoms with E-state index in [0.717, 1.165) is 13.0 Å². The number of nitrogens with zero attached hydrogens (tertiary/aromatic N) is 1. The van der Waals surface area contributed by atoms with Crippen molar-refractivity contribution in [2.75, 3.05) is 6.54 Å². The molecule has 1 heterocycles. The summed E-state index contributed by atoms with van der Waals surface area (Å²) < 4.78 is 7.19. The van der Waals surface area contributed by atoms with Crippen LogP contribution in [0.25, 0.3) is 0 Å². The van der Waals surface area contributed by atoms with Gasteiger partial charge in [0.25, 0.3) is 0 Å². The fourth-order valence-corrected chi connectivity index (χ4v) is 2.43. The summed E-state index contributed by atoms with van der Waals surface area (Å²) in [7, 11) is 0. The molecule has 4 nitrogen and oxygen atoms in total. The van der Waals surface area contributed by atoms with Crippen LogP contribution >= 0.6 is 12.8 Å². The van der Waals surface area contributed by atoms with Crippen LogP contribution in [-0.2, 0) is 11.3 Å². The quantitative estimate of drug-likeness (QED) is 0.719. The number of rotatable bonds is 4. The third kappa shape index (κ3) is 3.96. The third-order valence-corrected chi connectivity index (χ3v) is 3.37. The molecular formula is C13H19NO3S. The van der Waals surface area contributed by atoms with Crippen LogP contribution in [0.15, 0.2) is 30.3 Å². The SMILES string of the molecule is OC1CCC(CN(S)Cc2ccccc2)OC1O. The van der Waals surface area contributed by atoms with E-state index >= 15 is 0 Å². The Labute approximate surface area is 113 Å². The minimum Gasteiger partial charge on any atom is -0.388 e. The molecule has 1 aliphatic rings. The van der Waals surface area contributed by atoms with Crippen LogP contribution in [0.3, 0.4) is 0 Å². The first-order valence-electron chi connectivity index (χ1n) is 6.14. The minimum atomic E-state index is -1.07. The topological polar surface area (TPSA) is 52.9 Å². The maximum absolute atomic E-state index is 9.44. The van der Waals surface area contributed by atoms with E-state index < -0.39 is 12.4 Å². The molecule has 0 bridgehead atoms. The van der Waals surface area contributed by atoms with Crippen LogP contribution in [-0.4, -0.2) is 39.6 Å². The fourth-order valence-electron chi connectivity index (χ4n) is 2.08. The molecule has 1 saturated heterocycles. The van der Waals surface area contributed by atoms with Gasteiger partial charge in [-0.2, -0.15) is 0 Å². The third-order valence-electron chi connectivity index (χ3n) is 3.07. The van der Waals surface area contributed by atoms with E-state index in [2.05, 4.69) is 12.8 Å². The molecule has 18 heavy (non-hydrogen) atoms. The van der Waals surface area contributed by atoms with Crippen molar-refractivity contribution >= 4 is 12.8 Å². The monoisotopic (exact) mass is 269 g/mol. The highest BCUT2D eigenvalue weighted by Crippen LogP contribution is 2.20. The van der Waals surface area contributed by atoms with Gasteiger partial charge in [-0.25, -0.2) is 4.31 Å². The van der Waals surface area contributed by atoms with E-state index in [-0.39, 0.29) is 6.10 Å². The van der Waals surface area contributed by atoms with Crippen LogP contribution in [0.1, 0.15) is 18.4 Å². The number of benzene rings is 1. The summed E-state index contributed by atoms with van der Waals surface area (Å²) in [4.78, 5) is 0. The molecule has 0 saturated carbocycles. The summed E-state index contributed by atoms with van der Waals surface area (Å²) >= 11 is 4.41. The molecule has 0 aromatic heterocycles. The Balaban J connectivity index is 1.79. The standard InChI is InChI=1S/C13H19NO3S/c15-12-7-6-11(17-13(12)16)9-14(18)8-10-4-2-1-3-5-10/h1-5,11-13,15-16,18H,6-9H2. The van der Waals surface area contributed by atoms with E-state index in [0.29, 0.717) is 13.0 Å². The Kier molecular flexibility index (Phi) is 5.03. The first-order chi connectivity index (χ1) is 8.65. The van der Waals surface area contributed by atoms with Gasteiger partial charge < -0.3 is 14.9 Å². The second-order valence-corrected chi connectivity index (χ2v) is 5.19. The predicted molar refractivity (Wildman–Crippen MR) is 72.0 cm³/mol. The molecule has 0 spiro atoms. The van der Waals surface area contributed by atoms with E-state index in [4.69, 9.17) is 4.74 Å². The van der Waals surface area contributed by atoms with Gasteiger partial charge in [-0.3, -0.25) is 0 Å². The maximum atomic E-state index is 9.44. The van der Waals surface area contributed by atoms with Gasteiger partial charge in [0.2, 0.25) is 0 Å². The second kappa shape index (κ2) is 6.54. The van der Waals surface area contributed by atoms with E-state index in [9.17, 15) is 10.2 Å². The van der Waals surface area contributed by atoms with Gasteiger partial charge in [-0.15, -0.1) is 0 Å². The molecule has 3 unspecified atom stereocenters. The molecule has 0 radical (unpaired) electrons. The second-order valence-electron chi connectivity index (χ2n) is 4.63. The maximum Gasteiger partial charge on any atom is 0.181 e. The Morgan fingerprint density at radius 2 is 1.94 bits per heavy atom. The Morgan fingerprint density at radius 1 is 1.22 bits per heavy atom. The summed E-state index contributed by atoms with van der Waals surface area (Å²) in [5.74, 6) is 0. The Hall–Kier alpha value is -0.590. The molecule has 5 heteroatoms. The van der Waals surface area contributed by atoms with E-state index in [1.807, 2.05) is 34.6 Å². The lowest BCUT2D eigenvalue weighted by Gasteiger charge is -2.32. The normalized spacial score (nSPS) is 28.6. The van der Waals surface area contributed by atoms with Crippen LogP contribution in [0.4, 0.5) is 0 Å². The van der Waals surface area contributed by atoms with Gasteiger partial charge in [-0.1, -0.05) is 43.1 Å². The first kappa shape index (κ1) is 13.8. The summed E-state index contributed by atoms with van der Waals surface area (Å²) in [6.45, 7) is 1.35. The molecule has 0 amide bonds. The number of thiol groups is 1. The van der Waals surface area contributed by atoms with Crippen LogP contribution in [0.2, 0.25) is 0 Å². The Bertz CT molecular complexity index is 363. The van der Waals surface area contributed by atoms with Crippen molar-refractivity contribution in [3.63, 3.8) is 0 Å². The van der Waals surface area contributed by atoms with Crippen molar-refractivity contribution in [3.8, 4) is 0 Å². The van der Waals surface area contributed by atoms with Gasteiger partial charge in [0.1, 0.15) is 6.10 Å². The number of aliphatic hydroxyl groups excluding tert-OH is 2. The molecule has 2 N–H and O–H groups in total. The van der Waals surface area contributed by atoms with Crippen molar-refractivity contribution in [3.05, 3.63) is 35.9 Å². The molecule has 1 aromatic carbocycles. The predicted octanol–water partition coefficient (Wildman–Crippen LogP) is 1.19. The van der Waals surface area contributed by atoms with Gasteiger partial charge in [0.05, 0.1) is 6.10 Å². The molecule has 1 fully saturated rings. The zero-order valence-electron chi connectivity index (χ0n) is 10.1. The number of aliphatic hydroxyl groups is 2. The summed E-state index contributed by atoms with van der Waals surface area (Å²) in [5.41, 5.74) is 1.18. The molecule has 3 atom stereocenters. The van der Waals surface area contributed by atoms with Crippen LogP contribution in [0.5, 0.6) is 0 Å². The van der Waals surface area contributed by atoms with Crippen molar-refractivity contribution < 1.29 is 14.9 Å². The molecular weight excluding hydrogens is 250 g/mol. The van der Waals surface area contributed by atoms with Crippen molar-refractivity contribution in [1.82, 2.24) is 4.31 Å². The van der Waals surface area contributed by atoms with Crippen LogP contribution < -0.4 is 0 Å². The lowest BCUT2D eigenvalue weighted by atomic mass is 10.1. The molecule has 1 aliphatic heterocycles. The smallest absolute Gasteiger partial charge is 0.181 e. The molecule has 0 aliphatic carbocycles. The Morgan fingerprint density at radius 3 is 2.61 bits per heavy atom. The number of hydrogen-bond donors (Lipinski definition) is 3.